The van der Waals surface area contributed by atoms with Gasteiger partial charge in [-0.25, -0.2) is 0 Å². The van der Waals surface area contributed by atoms with Gasteiger partial charge in [0.2, 0.25) is 5.91 Å². The minimum Gasteiger partial charge on any atom is -0.401 e. The van der Waals surface area contributed by atoms with E-state index in [4.69, 9.17) is 11.5 Å². The molecule has 0 saturated carbocycles. The quantitative estimate of drug-likeness (QED) is 0.610. The zero-order chi connectivity index (χ0) is 9.94. The predicted octanol–water partition coefficient (Wildman–Crippen LogP) is 1.14. The maximum atomic E-state index is 10.9. The number of allylic oxidation sites excluding steroid dienone is 1. The summed E-state index contributed by atoms with van der Waals surface area (Å²) in [5.41, 5.74) is 11.9. The molecule has 0 bridgehead atoms. The Morgan fingerprint density at radius 3 is 1.75 bits per heavy atom. The van der Waals surface area contributed by atoms with E-state index in [1.54, 1.807) is 0 Å². The monoisotopic (exact) mass is 170 g/mol. The lowest BCUT2D eigenvalue weighted by molar-refractivity contribution is -0.114. The molecule has 0 rings (SSSR count). The number of carbonyl (C=O) groups is 1. The standard InChI is InChI=1S/C9H18N2O/c1-5-6(8(11)12)7(10)9(2,3)4/h5,10H2,1-4H3,(H2,11,12)/b7-6-. The van der Waals surface area contributed by atoms with Crippen molar-refractivity contribution in [2.24, 2.45) is 16.9 Å². The Balaban J connectivity index is 4.99. The Kier molecular flexibility index (Phi) is 3.31. The second-order valence-electron chi connectivity index (χ2n) is 3.86. The van der Waals surface area contributed by atoms with Gasteiger partial charge in [0.1, 0.15) is 0 Å². The van der Waals surface area contributed by atoms with Crippen LogP contribution in [0.4, 0.5) is 0 Å². The fraction of sp³-hybridized carbons (Fsp3) is 0.667. The molecule has 0 aliphatic carbocycles. The highest BCUT2D eigenvalue weighted by atomic mass is 16.1. The number of carbonyl (C=O) groups excluding carboxylic acids is 1. The van der Waals surface area contributed by atoms with Crippen molar-refractivity contribution in [3.8, 4) is 0 Å². The summed E-state index contributed by atoms with van der Waals surface area (Å²) in [6.45, 7) is 7.75. The van der Waals surface area contributed by atoms with Crippen LogP contribution in [0.5, 0.6) is 0 Å². The van der Waals surface area contributed by atoms with Crippen LogP contribution in [0.3, 0.4) is 0 Å². The summed E-state index contributed by atoms with van der Waals surface area (Å²) in [7, 11) is 0. The fourth-order valence-electron chi connectivity index (χ4n) is 0.950. The number of nitrogens with two attached hydrogens (primary N) is 2. The first kappa shape index (κ1) is 11.0. The van der Waals surface area contributed by atoms with E-state index in [-0.39, 0.29) is 5.41 Å². The van der Waals surface area contributed by atoms with Crippen LogP contribution in [0, 0.1) is 5.41 Å². The Morgan fingerprint density at radius 1 is 1.25 bits per heavy atom. The molecule has 0 unspecified atom stereocenters. The van der Waals surface area contributed by atoms with Gasteiger partial charge in [-0.2, -0.15) is 0 Å². The number of hydrogen-bond donors (Lipinski definition) is 2. The Bertz CT molecular complexity index is 211. The van der Waals surface area contributed by atoms with E-state index in [0.717, 1.165) is 0 Å². The molecule has 12 heavy (non-hydrogen) atoms. The minimum absolute atomic E-state index is 0.180. The highest BCUT2D eigenvalue weighted by molar-refractivity contribution is 5.92. The summed E-state index contributed by atoms with van der Waals surface area (Å²) in [4.78, 5) is 10.9. The van der Waals surface area contributed by atoms with E-state index in [1.165, 1.54) is 0 Å². The molecule has 0 aliphatic rings. The lowest BCUT2D eigenvalue weighted by atomic mass is 9.88. The van der Waals surface area contributed by atoms with Crippen molar-refractivity contribution >= 4 is 5.91 Å². The van der Waals surface area contributed by atoms with Crippen LogP contribution < -0.4 is 11.5 Å². The van der Waals surface area contributed by atoms with E-state index in [0.29, 0.717) is 17.7 Å². The summed E-state index contributed by atoms with van der Waals surface area (Å²) < 4.78 is 0. The van der Waals surface area contributed by atoms with Crippen LogP contribution in [-0.4, -0.2) is 5.91 Å². The lowest BCUT2D eigenvalue weighted by Crippen LogP contribution is -2.25. The van der Waals surface area contributed by atoms with Crippen LogP contribution in [0.1, 0.15) is 34.1 Å². The topological polar surface area (TPSA) is 69.1 Å². The molecule has 0 aromatic rings. The van der Waals surface area contributed by atoms with Gasteiger partial charge in [-0.3, -0.25) is 4.79 Å². The molecule has 0 spiro atoms. The molecule has 0 heterocycles. The molecule has 0 atom stereocenters. The van der Waals surface area contributed by atoms with E-state index in [9.17, 15) is 4.79 Å². The third-order valence-corrected chi connectivity index (χ3v) is 1.78. The van der Waals surface area contributed by atoms with Crippen molar-refractivity contribution in [1.82, 2.24) is 0 Å². The Morgan fingerprint density at radius 2 is 1.67 bits per heavy atom. The lowest BCUT2D eigenvalue weighted by Gasteiger charge is -2.21. The first-order valence-corrected chi connectivity index (χ1v) is 4.09. The maximum absolute atomic E-state index is 10.9. The van der Waals surface area contributed by atoms with Crippen molar-refractivity contribution < 1.29 is 4.79 Å². The molecule has 0 aromatic heterocycles. The molecule has 0 saturated heterocycles. The minimum atomic E-state index is -0.412. The highest BCUT2D eigenvalue weighted by Crippen LogP contribution is 2.24. The van der Waals surface area contributed by atoms with E-state index < -0.39 is 5.91 Å². The Labute approximate surface area is 73.8 Å². The van der Waals surface area contributed by atoms with Crippen LogP contribution in [0.15, 0.2) is 11.3 Å². The highest BCUT2D eigenvalue weighted by Gasteiger charge is 2.19. The normalized spacial score (nSPS) is 14.0. The molecule has 3 nitrogen and oxygen atoms in total. The predicted molar refractivity (Wildman–Crippen MR) is 50.2 cm³/mol. The summed E-state index contributed by atoms with van der Waals surface area (Å²) in [5.74, 6) is -0.412. The van der Waals surface area contributed by atoms with Crippen molar-refractivity contribution in [2.75, 3.05) is 0 Å². The van der Waals surface area contributed by atoms with Crippen molar-refractivity contribution in [2.45, 2.75) is 34.1 Å². The van der Waals surface area contributed by atoms with Gasteiger partial charge in [-0.05, 0) is 6.42 Å². The van der Waals surface area contributed by atoms with Gasteiger partial charge in [0.05, 0.1) is 0 Å². The number of rotatable bonds is 2. The number of hydrogen-bond acceptors (Lipinski definition) is 2. The van der Waals surface area contributed by atoms with E-state index in [2.05, 4.69) is 0 Å². The van der Waals surface area contributed by atoms with Crippen LogP contribution in [0.25, 0.3) is 0 Å². The molecule has 0 fully saturated rings. The van der Waals surface area contributed by atoms with Crippen molar-refractivity contribution in [3.63, 3.8) is 0 Å². The summed E-state index contributed by atoms with van der Waals surface area (Å²) >= 11 is 0. The molecule has 1 amide bonds. The third kappa shape index (κ3) is 2.57. The molecular weight excluding hydrogens is 152 g/mol. The average Bonchev–Trinajstić information content (AvgIpc) is 1.86. The van der Waals surface area contributed by atoms with Crippen LogP contribution >= 0.6 is 0 Å². The van der Waals surface area contributed by atoms with Crippen molar-refractivity contribution in [3.05, 3.63) is 11.3 Å². The largest absolute Gasteiger partial charge is 0.401 e. The second-order valence-corrected chi connectivity index (χ2v) is 3.86. The maximum Gasteiger partial charge on any atom is 0.246 e. The van der Waals surface area contributed by atoms with Gasteiger partial charge in [-0.1, -0.05) is 27.7 Å². The molecule has 0 radical (unpaired) electrons. The van der Waals surface area contributed by atoms with Gasteiger partial charge < -0.3 is 11.5 Å². The third-order valence-electron chi connectivity index (χ3n) is 1.78. The molecule has 0 aromatic carbocycles. The van der Waals surface area contributed by atoms with E-state index in [1.807, 2.05) is 27.7 Å². The Hall–Kier alpha value is -0.990. The molecule has 0 aliphatic heterocycles. The van der Waals surface area contributed by atoms with E-state index >= 15 is 0 Å². The van der Waals surface area contributed by atoms with Crippen molar-refractivity contribution in [1.29, 1.82) is 0 Å². The molecule has 3 heteroatoms. The summed E-state index contributed by atoms with van der Waals surface area (Å²) in [6.07, 6.45) is 0.596. The SMILES string of the molecule is CC/C(C(N)=O)=C(/N)C(C)(C)C. The van der Waals surface area contributed by atoms with Gasteiger partial charge >= 0.3 is 0 Å². The van der Waals surface area contributed by atoms with Crippen LogP contribution in [0.2, 0.25) is 0 Å². The zero-order valence-corrected chi connectivity index (χ0v) is 8.27. The average molecular weight is 170 g/mol. The molecular formula is C9H18N2O. The molecule has 70 valence electrons. The first-order valence-electron chi connectivity index (χ1n) is 4.09. The first-order chi connectivity index (χ1) is 5.30. The zero-order valence-electron chi connectivity index (χ0n) is 8.27. The van der Waals surface area contributed by atoms with Gasteiger partial charge in [-0.15, -0.1) is 0 Å². The van der Waals surface area contributed by atoms with Gasteiger partial charge in [0.25, 0.3) is 0 Å². The smallest absolute Gasteiger partial charge is 0.246 e. The number of amides is 1. The van der Waals surface area contributed by atoms with Crippen LogP contribution in [-0.2, 0) is 4.79 Å². The summed E-state index contributed by atoms with van der Waals surface area (Å²) in [6, 6.07) is 0. The second kappa shape index (κ2) is 3.61. The summed E-state index contributed by atoms with van der Waals surface area (Å²) in [5, 5.41) is 0. The van der Waals surface area contributed by atoms with Gasteiger partial charge in [0, 0.05) is 16.7 Å². The fourth-order valence-corrected chi connectivity index (χ4v) is 0.950. The number of primary amides is 1. The van der Waals surface area contributed by atoms with Gasteiger partial charge in [0.15, 0.2) is 0 Å². The molecule has 4 N–H and O–H groups in total.